The predicted octanol–water partition coefficient (Wildman–Crippen LogP) is 3.13. The topological polar surface area (TPSA) is 74.2 Å². The van der Waals surface area contributed by atoms with Crippen molar-refractivity contribution in [2.75, 3.05) is 12.8 Å². The third-order valence-corrected chi connectivity index (χ3v) is 3.03. The maximum atomic E-state index is 13.7. The number of nitrogens with two attached hydrogens (primary N) is 1. The average Bonchev–Trinajstić information content (AvgIpc) is 2.97. The summed E-state index contributed by atoms with van der Waals surface area (Å²) >= 11 is 0. The van der Waals surface area contributed by atoms with E-state index in [4.69, 9.17) is 15.0 Å². The number of nitrogen functional groups attached to an aromatic ring is 1. The van der Waals surface area contributed by atoms with Gasteiger partial charge in [0, 0.05) is 16.8 Å². The highest BCUT2D eigenvalue weighted by Gasteiger charge is 2.14. The second-order valence-corrected chi connectivity index (χ2v) is 4.36. The second-order valence-electron chi connectivity index (χ2n) is 4.36. The molecule has 0 amide bonds. The molecule has 0 unspecified atom stereocenters. The quantitative estimate of drug-likeness (QED) is 0.748. The highest BCUT2D eigenvalue weighted by Crippen LogP contribution is 2.28. The van der Waals surface area contributed by atoms with Crippen molar-refractivity contribution >= 4 is 5.69 Å². The van der Waals surface area contributed by atoms with Crippen LogP contribution in [0.1, 0.15) is 0 Å². The second kappa shape index (κ2) is 5.24. The zero-order valence-corrected chi connectivity index (χ0v) is 11.2. The van der Waals surface area contributed by atoms with Crippen LogP contribution in [-0.2, 0) is 0 Å². The molecule has 2 N–H and O–H groups in total. The van der Waals surface area contributed by atoms with Crippen molar-refractivity contribution in [2.24, 2.45) is 0 Å². The van der Waals surface area contributed by atoms with E-state index in [1.165, 1.54) is 19.2 Å². The molecule has 0 bridgehead atoms. The van der Waals surface area contributed by atoms with Crippen molar-refractivity contribution in [1.82, 2.24) is 10.1 Å². The Morgan fingerprint density at radius 3 is 2.71 bits per heavy atom. The molecule has 0 aliphatic rings. The summed E-state index contributed by atoms with van der Waals surface area (Å²) in [6, 6.07) is 11.6. The number of aromatic nitrogens is 2. The van der Waals surface area contributed by atoms with Gasteiger partial charge in [0.05, 0.1) is 7.11 Å². The molecule has 3 rings (SSSR count). The number of halogens is 1. The molecule has 0 aliphatic carbocycles. The van der Waals surface area contributed by atoms with Crippen molar-refractivity contribution in [3.8, 4) is 28.6 Å². The van der Waals surface area contributed by atoms with Crippen LogP contribution in [0.15, 0.2) is 47.0 Å². The van der Waals surface area contributed by atoms with Crippen LogP contribution in [0.4, 0.5) is 10.1 Å². The summed E-state index contributed by atoms with van der Waals surface area (Å²) in [5, 5.41) is 3.88. The molecule has 21 heavy (non-hydrogen) atoms. The van der Waals surface area contributed by atoms with Crippen LogP contribution in [-0.4, -0.2) is 17.3 Å². The SMILES string of the molecule is COc1ccc(-c2nc(-c3ccccc3N)no2)cc1F. The maximum Gasteiger partial charge on any atom is 0.258 e. The summed E-state index contributed by atoms with van der Waals surface area (Å²) in [7, 11) is 1.40. The van der Waals surface area contributed by atoms with E-state index >= 15 is 0 Å². The van der Waals surface area contributed by atoms with Gasteiger partial charge in [-0.2, -0.15) is 4.98 Å². The highest BCUT2D eigenvalue weighted by molar-refractivity contribution is 5.72. The summed E-state index contributed by atoms with van der Waals surface area (Å²) in [6.45, 7) is 0. The van der Waals surface area contributed by atoms with Crippen molar-refractivity contribution in [1.29, 1.82) is 0 Å². The van der Waals surface area contributed by atoms with Gasteiger partial charge in [-0.05, 0) is 30.3 Å². The molecule has 2 aromatic carbocycles. The van der Waals surface area contributed by atoms with Gasteiger partial charge in [0.25, 0.3) is 5.89 Å². The Morgan fingerprint density at radius 1 is 1.19 bits per heavy atom. The van der Waals surface area contributed by atoms with Gasteiger partial charge in [-0.15, -0.1) is 0 Å². The van der Waals surface area contributed by atoms with E-state index in [1.54, 1.807) is 18.2 Å². The molecule has 5 nitrogen and oxygen atoms in total. The standard InChI is InChI=1S/C15H12FN3O2/c1-20-13-7-6-9(8-11(13)16)15-18-14(19-21-15)10-4-2-3-5-12(10)17/h2-8H,17H2,1H3. The Balaban J connectivity index is 1.99. The number of methoxy groups -OCH3 is 1. The van der Waals surface area contributed by atoms with E-state index in [0.717, 1.165) is 0 Å². The van der Waals surface area contributed by atoms with Gasteiger partial charge in [0.15, 0.2) is 11.6 Å². The summed E-state index contributed by atoms with van der Waals surface area (Å²) in [5.41, 5.74) is 7.55. The monoisotopic (exact) mass is 285 g/mol. The van der Waals surface area contributed by atoms with E-state index < -0.39 is 5.82 Å². The Bertz CT molecular complexity index is 786. The van der Waals surface area contributed by atoms with Crippen LogP contribution in [0.2, 0.25) is 0 Å². The molecule has 0 saturated carbocycles. The molecule has 0 saturated heterocycles. The molecular formula is C15H12FN3O2. The van der Waals surface area contributed by atoms with Crippen LogP contribution in [0.3, 0.4) is 0 Å². The molecule has 0 aliphatic heterocycles. The number of anilines is 1. The number of benzene rings is 2. The lowest BCUT2D eigenvalue weighted by atomic mass is 10.1. The fourth-order valence-electron chi connectivity index (χ4n) is 1.95. The molecule has 1 aromatic heterocycles. The van der Waals surface area contributed by atoms with E-state index in [9.17, 15) is 4.39 Å². The van der Waals surface area contributed by atoms with E-state index in [1.807, 2.05) is 12.1 Å². The number of hydrogen-bond donors (Lipinski definition) is 1. The molecule has 6 heteroatoms. The Labute approximate surface area is 120 Å². The first-order valence-electron chi connectivity index (χ1n) is 6.21. The molecule has 0 atom stereocenters. The number of hydrogen-bond acceptors (Lipinski definition) is 5. The molecule has 0 fully saturated rings. The lowest BCUT2D eigenvalue weighted by Gasteiger charge is -2.01. The normalized spacial score (nSPS) is 10.6. The zero-order valence-electron chi connectivity index (χ0n) is 11.2. The van der Waals surface area contributed by atoms with Crippen LogP contribution in [0, 0.1) is 5.82 Å². The van der Waals surface area contributed by atoms with Crippen LogP contribution in [0.25, 0.3) is 22.8 Å². The summed E-state index contributed by atoms with van der Waals surface area (Å²) in [5.74, 6) is 0.244. The first kappa shape index (κ1) is 13.1. The van der Waals surface area contributed by atoms with E-state index in [0.29, 0.717) is 22.6 Å². The predicted molar refractivity (Wildman–Crippen MR) is 76.1 cm³/mol. The summed E-state index contributed by atoms with van der Waals surface area (Å²) in [6.07, 6.45) is 0. The van der Waals surface area contributed by atoms with Gasteiger partial charge in [-0.1, -0.05) is 17.3 Å². The highest BCUT2D eigenvalue weighted by atomic mass is 19.1. The largest absolute Gasteiger partial charge is 0.494 e. The van der Waals surface area contributed by atoms with Gasteiger partial charge < -0.3 is 15.0 Å². The fourth-order valence-corrected chi connectivity index (χ4v) is 1.95. The van der Waals surface area contributed by atoms with Crippen molar-refractivity contribution < 1.29 is 13.7 Å². The first-order valence-corrected chi connectivity index (χ1v) is 6.21. The Kier molecular flexibility index (Phi) is 3.27. The van der Waals surface area contributed by atoms with E-state index in [-0.39, 0.29) is 11.6 Å². The molecule has 0 radical (unpaired) electrons. The van der Waals surface area contributed by atoms with Gasteiger partial charge in [0.2, 0.25) is 5.82 Å². The lowest BCUT2D eigenvalue weighted by molar-refractivity contribution is 0.386. The summed E-state index contributed by atoms with van der Waals surface area (Å²) < 4.78 is 23.7. The minimum atomic E-state index is -0.492. The van der Waals surface area contributed by atoms with Gasteiger partial charge in [-0.3, -0.25) is 0 Å². The van der Waals surface area contributed by atoms with Crippen LogP contribution < -0.4 is 10.5 Å². The minimum Gasteiger partial charge on any atom is -0.494 e. The van der Waals surface area contributed by atoms with Gasteiger partial charge in [0.1, 0.15) is 0 Å². The Hall–Kier alpha value is -2.89. The number of rotatable bonds is 3. The van der Waals surface area contributed by atoms with E-state index in [2.05, 4.69) is 10.1 Å². The first-order chi connectivity index (χ1) is 10.2. The lowest BCUT2D eigenvalue weighted by Crippen LogP contribution is -1.91. The fraction of sp³-hybridized carbons (Fsp3) is 0.0667. The van der Waals surface area contributed by atoms with Crippen LogP contribution in [0.5, 0.6) is 5.75 Å². The van der Waals surface area contributed by atoms with Crippen molar-refractivity contribution in [3.63, 3.8) is 0 Å². The van der Waals surface area contributed by atoms with Crippen molar-refractivity contribution in [2.45, 2.75) is 0 Å². The Morgan fingerprint density at radius 2 is 2.00 bits per heavy atom. The third-order valence-electron chi connectivity index (χ3n) is 3.03. The molecule has 3 aromatic rings. The minimum absolute atomic E-state index is 0.158. The average molecular weight is 285 g/mol. The maximum absolute atomic E-state index is 13.7. The molecule has 1 heterocycles. The number of ether oxygens (including phenoxy) is 1. The van der Waals surface area contributed by atoms with Crippen LogP contribution >= 0.6 is 0 Å². The molecule has 106 valence electrons. The van der Waals surface area contributed by atoms with Gasteiger partial charge >= 0.3 is 0 Å². The third kappa shape index (κ3) is 2.43. The number of nitrogens with zero attached hydrogens (tertiary/aromatic N) is 2. The molecule has 0 spiro atoms. The molecular weight excluding hydrogens is 273 g/mol. The van der Waals surface area contributed by atoms with Gasteiger partial charge in [-0.25, -0.2) is 4.39 Å². The smallest absolute Gasteiger partial charge is 0.258 e. The van der Waals surface area contributed by atoms with Crippen molar-refractivity contribution in [3.05, 3.63) is 48.3 Å². The number of para-hydroxylation sites is 1. The zero-order chi connectivity index (χ0) is 14.8. The summed E-state index contributed by atoms with van der Waals surface area (Å²) in [4.78, 5) is 4.24.